The smallest absolute Gasteiger partial charge is 0.322 e. The Balaban J connectivity index is 1.87. The van der Waals surface area contributed by atoms with Gasteiger partial charge in [0.05, 0.1) is 12.5 Å². The van der Waals surface area contributed by atoms with Gasteiger partial charge >= 0.3 is 11.9 Å². The van der Waals surface area contributed by atoms with Crippen LogP contribution in [0.3, 0.4) is 0 Å². The molecule has 9 nitrogen and oxygen atoms in total. The van der Waals surface area contributed by atoms with Gasteiger partial charge in [0.25, 0.3) is 0 Å². The molecule has 1 aliphatic carbocycles. The van der Waals surface area contributed by atoms with E-state index in [9.17, 15) is 36.7 Å². The van der Waals surface area contributed by atoms with Crippen LogP contribution < -0.4 is 10.1 Å². The number of cyclic esters (lactones) is 1. The Morgan fingerprint density at radius 2 is 1.81 bits per heavy atom. The maximum absolute atomic E-state index is 13.9. The number of carbonyl (C=O) groups excluding carboxylic acids is 3. The number of rotatable bonds is 8. The molecule has 1 aromatic carbocycles. The third-order valence-corrected chi connectivity index (χ3v) is 5.41. The highest BCUT2D eigenvalue weighted by Gasteiger charge is 2.54. The Labute approximate surface area is 178 Å². The molecule has 1 atom stereocenters. The largest absolute Gasteiger partial charge is 0.480 e. The molecule has 0 aromatic heterocycles. The Morgan fingerprint density at radius 3 is 2.28 bits per heavy atom. The fraction of sp³-hybridized carbons (Fsp3) is 0.474. The van der Waals surface area contributed by atoms with Crippen molar-refractivity contribution in [1.29, 1.82) is 0 Å². The van der Waals surface area contributed by atoms with Gasteiger partial charge in [-0.1, -0.05) is 6.42 Å². The van der Waals surface area contributed by atoms with E-state index < -0.39 is 77.5 Å². The molecule has 1 saturated heterocycles. The van der Waals surface area contributed by atoms with Crippen molar-refractivity contribution in [2.75, 3.05) is 19.9 Å². The van der Waals surface area contributed by atoms with Gasteiger partial charge in [0.1, 0.15) is 18.6 Å². The summed E-state index contributed by atoms with van der Waals surface area (Å²) in [6.45, 7) is -2.00. The van der Waals surface area contributed by atoms with Crippen molar-refractivity contribution in [2.24, 2.45) is 5.41 Å². The number of amides is 2. The number of ether oxygens (including phenoxy) is 2. The number of benzene rings is 1. The molecule has 1 aromatic rings. The summed E-state index contributed by atoms with van der Waals surface area (Å²) in [7, 11) is 0. The fourth-order valence-corrected chi connectivity index (χ4v) is 3.51. The number of aliphatic carboxylic acids is 1. The first-order chi connectivity index (χ1) is 15.1. The molecule has 1 aliphatic heterocycles. The van der Waals surface area contributed by atoms with Gasteiger partial charge in [-0.2, -0.15) is 8.78 Å². The standard InChI is InChI=1S/C19H18F4N2O7/c20-10-5-11(21)15(23)16(14(10)22)32-8-25(9-4-13(28)31-7-9)18(30)19(2-1-3-19)17(29)24-6-12(26)27/h5,9H,1-4,6-8H2,(H,24,29)(H,26,27). The fourth-order valence-electron chi connectivity index (χ4n) is 3.51. The number of carboxylic acids is 1. The van der Waals surface area contributed by atoms with Crippen LogP contribution in [0, 0.1) is 28.7 Å². The zero-order valence-electron chi connectivity index (χ0n) is 16.5. The first kappa shape index (κ1) is 23.3. The molecule has 0 bridgehead atoms. The molecule has 0 radical (unpaired) electrons. The predicted molar refractivity (Wildman–Crippen MR) is 94.9 cm³/mol. The average molecular weight is 462 g/mol. The normalized spacial score (nSPS) is 19.0. The lowest BCUT2D eigenvalue weighted by atomic mass is 9.66. The van der Waals surface area contributed by atoms with E-state index in [0.29, 0.717) is 6.42 Å². The molecular weight excluding hydrogens is 444 g/mol. The van der Waals surface area contributed by atoms with E-state index in [1.807, 2.05) is 0 Å². The Hall–Kier alpha value is -3.38. The van der Waals surface area contributed by atoms with Gasteiger partial charge < -0.3 is 24.8 Å². The number of halogens is 4. The monoisotopic (exact) mass is 462 g/mol. The van der Waals surface area contributed by atoms with Gasteiger partial charge in [-0.05, 0) is 12.8 Å². The molecule has 0 spiro atoms. The number of carbonyl (C=O) groups is 4. The van der Waals surface area contributed by atoms with Crippen molar-refractivity contribution >= 4 is 23.8 Å². The number of hydrogen-bond donors (Lipinski definition) is 2. The van der Waals surface area contributed by atoms with E-state index in [0.717, 1.165) is 4.90 Å². The van der Waals surface area contributed by atoms with Gasteiger partial charge in [0, 0.05) is 6.07 Å². The average Bonchev–Trinajstić information content (AvgIpc) is 3.12. The molecule has 1 saturated carbocycles. The Morgan fingerprint density at radius 1 is 1.19 bits per heavy atom. The van der Waals surface area contributed by atoms with Gasteiger partial charge in [0.15, 0.2) is 24.1 Å². The second-order valence-electron chi connectivity index (χ2n) is 7.40. The zero-order valence-corrected chi connectivity index (χ0v) is 16.5. The first-order valence-corrected chi connectivity index (χ1v) is 9.49. The highest BCUT2D eigenvalue weighted by molar-refractivity contribution is 6.06. The number of carboxylic acid groups (broad SMARTS) is 1. The molecule has 1 unspecified atom stereocenters. The molecule has 32 heavy (non-hydrogen) atoms. The van der Waals surface area contributed by atoms with Crippen molar-refractivity contribution < 1.29 is 51.3 Å². The van der Waals surface area contributed by atoms with Gasteiger partial charge in [-0.25, -0.2) is 8.78 Å². The number of nitrogens with zero attached hydrogens (tertiary/aromatic N) is 1. The summed E-state index contributed by atoms with van der Waals surface area (Å²) in [5.74, 6) is -12.3. The molecular formula is C19H18F4N2O7. The SMILES string of the molecule is O=C(O)CNC(=O)C1(C(=O)N(COc2c(F)c(F)cc(F)c2F)C2COC(=O)C2)CCC1. The van der Waals surface area contributed by atoms with Crippen molar-refractivity contribution in [2.45, 2.75) is 31.7 Å². The van der Waals surface area contributed by atoms with Crippen LogP contribution >= 0.6 is 0 Å². The third-order valence-electron chi connectivity index (χ3n) is 5.41. The van der Waals surface area contributed by atoms with Crippen LogP contribution in [-0.4, -0.2) is 59.7 Å². The highest BCUT2D eigenvalue weighted by Crippen LogP contribution is 2.43. The Bertz CT molecular complexity index is 941. The van der Waals surface area contributed by atoms with Crippen molar-refractivity contribution in [1.82, 2.24) is 10.2 Å². The van der Waals surface area contributed by atoms with Gasteiger partial charge in [-0.15, -0.1) is 0 Å². The first-order valence-electron chi connectivity index (χ1n) is 9.49. The summed E-state index contributed by atoms with van der Waals surface area (Å²) in [5, 5.41) is 10.9. The third kappa shape index (κ3) is 4.32. The van der Waals surface area contributed by atoms with Crippen molar-refractivity contribution in [3.05, 3.63) is 29.3 Å². The summed E-state index contributed by atoms with van der Waals surface area (Å²) in [6.07, 6.45) is 0.239. The highest BCUT2D eigenvalue weighted by atomic mass is 19.2. The minimum absolute atomic E-state index is 0.0138. The maximum atomic E-state index is 13.9. The van der Waals surface area contributed by atoms with E-state index in [2.05, 4.69) is 5.32 Å². The maximum Gasteiger partial charge on any atom is 0.322 e. The molecule has 2 amide bonds. The number of esters is 1. The van der Waals surface area contributed by atoms with Gasteiger partial charge in [-0.3, -0.25) is 19.2 Å². The predicted octanol–water partition coefficient (Wildman–Crippen LogP) is 1.09. The second-order valence-corrected chi connectivity index (χ2v) is 7.40. The van der Waals surface area contributed by atoms with Crippen molar-refractivity contribution in [3.8, 4) is 5.75 Å². The van der Waals surface area contributed by atoms with Crippen LogP contribution in [0.15, 0.2) is 6.07 Å². The minimum atomic E-state index is -1.83. The van der Waals surface area contributed by atoms with E-state index in [1.165, 1.54) is 0 Å². The summed E-state index contributed by atoms with van der Waals surface area (Å²) < 4.78 is 64.5. The topological polar surface area (TPSA) is 122 Å². The van der Waals surface area contributed by atoms with Crippen LogP contribution in [0.4, 0.5) is 17.6 Å². The number of hydrogen-bond acceptors (Lipinski definition) is 6. The summed E-state index contributed by atoms with van der Waals surface area (Å²) in [5.41, 5.74) is -1.69. The lowest BCUT2D eigenvalue weighted by Crippen LogP contribution is -2.59. The van der Waals surface area contributed by atoms with E-state index in [-0.39, 0.29) is 31.9 Å². The van der Waals surface area contributed by atoms with E-state index >= 15 is 0 Å². The van der Waals surface area contributed by atoms with Crippen LogP contribution in [0.25, 0.3) is 0 Å². The molecule has 2 aliphatic rings. The van der Waals surface area contributed by atoms with Crippen molar-refractivity contribution in [3.63, 3.8) is 0 Å². The lowest BCUT2D eigenvalue weighted by Gasteiger charge is -2.42. The molecule has 3 rings (SSSR count). The number of nitrogens with one attached hydrogen (secondary N) is 1. The lowest BCUT2D eigenvalue weighted by molar-refractivity contribution is -0.162. The quantitative estimate of drug-likeness (QED) is 0.195. The Kier molecular flexibility index (Phi) is 6.55. The van der Waals surface area contributed by atoms with Crippen LogP contribution in [0.5, 0.6) is 5.75 Å². The zero-order chi connectivity index (χ0) is 23.6. The molecule has 13 heteroatoms. The van der Waals surface area contributed by atoms with Gasteiger partial charge in [0.2, 0.25) is 23.4 Å². The molecule has 2 fully saturated rings. The van der Waals surface area contributed by atoms with E-state index in [1.54, 1.807) is 0 Å². The molecule has 174 valence electrons. The summed E-state index contributed by atoms with van der Waals surface area (Å²) in [4.78, 5) is 49.0. The summed E-state index contributed by atoms with van der Waals surface area (Å²) in [6, 6.07) is -0.996. The van der Waals surface area contributed by atoms with E-state index in [4.69, 9.17) is 14.6 Å². The molecule has 2 N–H and O–H groups in total. The van der Waals surface area contributed by atoms with Crippen LogP contribution in [-0.2, 0) is 23.9 Å². The minimum Gasteiger partial charge on any atom is -0.480 e. The van der Waals surface area contributed by atoms with Crippen LogP contribution in [0.2, 0.25) is 0 Å². The van der Waals surface area contributed by atoms with Crippen LogP contribution in [0.1, 0.15) is 25.7 Å². The molecule has 1 heterocycles. The summed E-state index contributed by atoms with van der Waals surface area (Å²) >= 11 is 0. The second kappa shape index (κ2) is 9.01.